The van der Waals surface area contributed by atoms with Crippen LogP contribution in [0.25, 0.3) is 0 Å². The number of rotatable bonds is 1. The summed E-state index contributed by atoms with van der Waals surface area (Å²) >= 11 is 0. The van der Waals surface area contributed by atoms with Gasteiger partial charge in [0.2, 0.25) is 5.95 Å². The van der Waals surface area contributed by atoms with Crippen molar-refractivity contribution in [1.29, 1.82) is 0 Å². The summed E-state index contributed by atoms with van der Waals surface area (Å²) in [6.07, 6.45) is 2.08. The van der Waals surface area contributed by atoms with E-state index >= 15 is 0 Å². The van der Waals surface area contributed by atoms with Gasteiger partial charge in [-0.2, -0.15) is 9.97 Å². The summed E-state index contributed by atoms with van der Waals surface area (Å²) in [5.74, 6) is 2.18. The molecule has 0 amide bonds. The van der Waals surface area contributed by atoms with Crippen molar-refractivity contribution in [1.82, 2.24) is 9.97 Å². The van der Waals surface area contributed by atoms with Crippen LogP contribution in [0, 0.1) is 5.92 Å². The smallest absolute Gasteiger partial charge is 0.223 e. The van der Waals surface area contributed by atoms with E-state index < -0.39 is 0 Å². The molecule has 0 saturated carbocycles. The molecule has 1 atom stereocenters. The van der Waals surface area contributed by atoms with Gasteiger partial charge in [0, 0.05) is 12.1 Å². The number of nitrogen functional groups attached to an aromatic ring is 2. The van der Waals surface area contributed by atoms with Crippen LogP contribution in [0.5, 0.6) is 0 Å². The van der Waals surface area contributed by atoms with Gasteiger partial charge in [0.05, 0.1) is 0 Å². The lowest BCUT2D eigenvalue weighted by Gasteiger charge is -2.24. The Bertz CT molecular complexity index is 349. The summed E-state index contributed by atoms with van der Waals surface area (Å²) in [7, 11) is 0. The maximum absolute atomic E-state index is 5.79. The van der Waals surface area contributed by atoms with Crippen LogP contribution in [-0.4, -0.2) is 16.5 Å². The minimum Gasteiger partial charge on any atom is -0.383 e. The van der Waals surface area contributed by atoms with Gasteiger partial charge in [0.25, 0.3) is 0 Å². The summed E-state index contributed by atoms with van der Waals surface area (Å²) < 4.78 is 0. The molecule has 2 heterocycles. The Morgan fingerprint density at radius 1 is 1.43 bits per heavy atom. The molecule has 0 radical (unpaired) electrons. The zero-order valence-electron chi connectivity index (χ0n) is 8.25. The molecule has 1 unspecified atom stereocenters. The van der Waals surface area contributed by atoms with Crippen LogP contribution < -0.4 is 16.8 Å². The fourth-order valence-electron chi connectivity index (χ4n) is 1.76. The lowest BCUT2D eigenvalue weighted by atomic mass is 9.94. The number of hydrogen-bond acceptors (Lipinski definition) is 5. The van der Waals surface area contributed by atoms with Crippen molar-refractivity contribution in [2.45, 2.75) is 19.8 Å². The van der Waals surface area contributed by atoms with Crippen LogP contribution >= 0.6 is 0 Å². The largest absolute Gasteiger partial charge is 0.383 e. The van der Waals surface area contributed by atoms with Crippen molar-refractivity contribution in [3.8, 4) is 0 Å². The van der Waals surface area contributed by atoms with Gasteiger partial charge in [0.1, 0.15) is 11.6 Å². The Hall–Kier alpha value is -1.52. The lowest BCUT2D eigenvalue weighted by Crippen LogP contribution is -2.25. The van der Waals surface area contributed by atoms with Gasteiger partial charge in [-0.05, 0) is 12.3 Å². The maximum Gasteiger partial charge on any atom is 0.223 e. The van der Waals surface area contributed by atoms with Gasteiger partial charge < -0.3 is 16.8 Å². The summed E-state index contributed by atoms with van der Waals surface area (Å²) in [5.41, 5.74) is 12.3. The van der Waals surface area contributed by atoms with Gasteiger partial charge >= 0.3 is 0 Å². The Morgan fingerprint density at radius 3 is 2.93 bits per heavy atom. The Morgan fingerprint density at radius 2 is 2.21 bits per heavy atom. The fourth-order valence-corrected chi connectivity index (χ4v) is 1.76. The van der Waals surface area contributed by atoms with E-state index in [1.165, 1.54) is 0 Å². The van der Waals surface area contributed by atoms with E-state index in [0.29, 0.717) is 11.7 Å². The van der Waals surface area contributed by atoms with Crippen molar-refractivity contribution in [3.63, 3.8) is 0 Å². The molecule has 0 aliphatic carbocycles. The molecule has 0 aromatic carbocycles. The molecule has 0 fully saturated rings. The molecule has 0 spiro atoms. The second kappa shape index (κ2) is 3.32. The number of nitrogens with zero attached hydrogens (tertiary/aromatic N) is 2. The first-order chi connectivity index (χ1) is 6.70. The second-order valence-corrected chi connectivity index (χ2v) is 3.65. The van der Waals surface area contributed by atoms with E-state index in [0.717, 1.165) is 30.8 Å². The van der Waals surface area contributed by atoms with E-state index in [2.05, 4.69) is 22.2 Å². The first-order valence-electron chi connectivity index (χ1n) is 4.86. The number of hydrogen-bond donors (Lipinski definition) is 3. The quantitative estimate of drug-likeness (QED) is 0.608. The standard InChI is InChI=1S/C9H15N5/c1-2-5-3-6-7(10)13-9(11)14-8(6)12-4-5/h5H,2-4H2,1H3,(H5,10,11,12,13,14). The highest BCUT2D eigenvalue weighted by Crippen LogP contribution is 2.28. The molecule has 1 aromatic rings. The highest BCUT2D eigenvalue weighted by Gasteiger charge is 2.21. The van der Waals surface area contributed by atoms with Crippen LogP contribution in [0.15, 0.2) is 0 Å². The van der Waals surface area contributed by atoms with Crippen LogP contribution in [-0.2, 0) is 6.42 Å². The second-order valence-electron chi connectivity index (χ2n) is 3.65. The van der Waals surface area contributed by atoms with Gasteiger partial charge in [-0.3, -0.25) is 0 Å². The van der Waals surface area contributed by atoms with Crippen molar-refractivity contribution in [3.05, 3.63) is 5.56 Å². The Labute approximate surface area is 82.9 Å². The summed E-state index contributed by atoms with van der Waals surface area (Å²) in [6.45, 7) is 3.12. The SMILES string of the molecule is CCC1CNc2nc(N)nc(N)c2C1. The Balaban J connectivity index is 2.37. The molecule has 5 N–H and O–H groups in total. The average Bonchev–Trinajstić information content (AvgIpc) is 2.17. The monoisotopic (exact) mass is 193 g/mol. The van der Waals surface area contributed by atoms with E-state index in [4.69, 9.17) is 11.5 Å². The van der Waals surface area contributed by atoms with Crippen molar-refractivity contribution in [2.24, 2.45) is 5.92 Å². The molecule has 2 rings (SSSR count). The summed E-state index contributed by atoms with van der Waals surface area (Å²) in [5, 5.41) is 3.23. The van der Waals surface area contributed by atoms with Crippen molar-refractivity contribution in [2.75, 3.05) is 23.3 Å². The van der Waals surface area contributed by atoms with E-state index in [1.54, 1.807) is 0 Å². The molecule has 1 aliphatic rings. The third kappa shape index (κ3) is 1.45. The van der Waals surface area contributed by atoms with Crippen LogP contribution in [0.4, 0.5) is 17.6 Å². The van der Waals surface area contributed by atoms with Crippen LogP contribution in [0.2, 0.25) is 0 Å². The predicted octanol–water partition coefficient (Wildman–Crippen LogP) is 0.635. The number of aromatic nitrogens is 2. The van der Waals surface area contributed by atoms with Crippen molar-refractivity contribution < 1.29 is 0 Å². The molecule has 14 heavy (non-hydrogen) atoms. The van der Waals surface area contributed by atoms with E-state index in [-0.39, 0.29) is 5.95 Å². The van der Waals surface area contributed by atoms with Gasteiger partial charge in [-0.1, -0.05) is 13.3 Å². The third-order valence-corrected chi connectivity index (χ3v) is 2.68. The van der Waals surface area contributed by atoms with E-state index in [9.17, 15) is 0 Å². The average molecular weight is 193 g/mol. The number of fused-ring (bicyclic) bond motifs is 1. The molecule has 1 aliphatic heterocycles. The topological polar surface area (TPSA) is 89.8 Å². The number of nitrogens with one attached hydrogen (secondary N) is 1. The van der Waals surface area contributed by atoms with E-state index in [1.807, 2.05) is 0 Å². The van der Waals surface area contributed by atoms with Crippen LogP contribution in [0.1, 0.15) is 18.9 Å². The molecule has 0 saturated heterocycles. The minimum absolute atomic E-state index is 0.240. The Kier molecular flexibility index (Phi) is 2.15. The highest BCUT2D eigenvalue weighted by molar-refractivity contribution is 5.59. The van der Waals surface area contributed by atoms with Gasteiger partial charge in [0.15, 0.2) is 0 Å². The molecule has 5 nitrogen and oxygen atoms in total. The first-order valence-corrected chi connectivity index (χ1v) is 4.86. The molecule has 0 bridgehead atoms. The molecule has 76 valence electrons. The van der Waals surface area contributed by atoms with Gasteiger partial charge in [-0.25, -0.2) is 0 Å². The maximum atomic E-state index is 5.79. The third-order valence-electron chi connectivity index (χ3n) is 2.68. The summed E-state index contributed by atoms with van der Waals surface area (Å²) in [4.78, 5) is 8.08. The zero-order chi connectivity index (χ0) is 10.1. The van der Waals surface area contributed by atoms with Crippen molar-refractivity contribution >= 4 is 17.6 Å². The van der Waals surface area contributed by atoms with Gasteiger partial charge in [-0.15, -0.1) is 0 Å². The number of anilines is 3. The predicted molar refractivity (Wildman–Crippen MR) is 56.8 cm³/mol. The minimum atomic E-state index is 0.240. The van der Waals surface area contributed by atoms with Crippen LogP contribution in [0.3, 0.4) is 0 Å². The molecule has 1 aromatic heterocycles. The normalized spacial score (nSPS) is 19.9. The fraction of sp³-hybridized carbons (Fsp3) is 0.556. The molecular weight excluding hydrogens is 178 g/mol. The lowest BCUT2D eigenvalue weighted by molar-refractivity contribution is 0.518. The summed E-state index contributed by atoms with van der Waals surface area (Å²) in [6, 6.07) is 0. The highest BCUT2D eigenvalue weighted by atomic mass is 15.1. The zero-order valence-corrected chi connectivity index (χ0v) is 8.25. The first kappa shape index (κ1) is 9.05. The number of nitrogens with two attached hydrogens (primary N) is 2. The molecular formula is C9H15N5. The molecule has 5 heteroatoms.